The lowest BCUT2D eigenvalue weighted by Crippen LogP contribution is -2.28. The van der Waals surface area contributed by atoms with E-state index >= 15 is 0 Å². The van der Waals surface area contributed by atoms with Crippen LogP contribution in [0.3, 0.4) is 0 Å². The summed E-state index contributed by atoms with van der Waals surface area (Å²) in [6.45, 7) is -0.482. The van der Waals surface area contributed by atoms with Gasteiger partial charge >= 0.3 is 0 Å². The van der Waals surface area contributed by atoms with E-state index in [1.165, 1.54) is 37.7 Å². The van der Waals surface area contributed by atoms with Gasteiger partial charge in [0.25, 0.3) is 0 Å². The highest BCUT2D eigenvalue weighted by Crippen LogP contribution is 2.32. The Kier molecular flexibility index (Phi) is 6.42. The van der Waals surface area contributed by atoms with Crippen LogP contribution in [0.2, 0.25) is 0 Å². The van der Waals surface area contributed by atoms with Crippen LogP contribution in [0.15, 0.2) is 54.6 Å². The Labute approximate surface area is 159 Å². The Morgan fingerprint density at radius 2 is 1.63 bits per heavy atom. The molecule has 3 rings (SSSR count). The zero-order valence-corrected chi connectivity index (χ0v) is 15.2. The maximum Gasteiger partial charge on any atom is 0.185 e. The van der Waals surface area contributed by atoms with Gasteiger partial charge in [0.1, 0.15) is 12.4 Å². The van der Waals surface area contributed by atoms with Gasteiger partial charge < -0.3 is 14.6 Å². The maximum atomic E-state index is 12.4. The molecule has 0 aromatic heterocycles. The van der Waals surface area contributed by atoms with Crippen molar-refractivity contribution in [1.29, 1.82) is 0 Å². The van der Waals surface area contributed by atoms with Crippen LogP contribution in [0.5, 0.6) is 5.75 Å². The predicted molar refractivity (Wildman–Crippen MR) is 103 cm³/mol. The van der Waals surface area contributed by atoms with Crippen LogP contribution in [-0.4, -0.2) is 18.4 Å². The third-order valence-electron chi connectivity index (χ3n) is 4.94. The molecule has 4 nitrogen and oxygen atoms in total. The van der Waals surface area contributed by atoms with Crippen LogP contribution in [-0.2, 0) is 4.79 Å². The van der Waals surface area contributed by atoms with Crippen molar-refractivity contribution in [2.75, 3.05) is 6.61 Å². The summed E-state index contributed by atoms with van der Waals surface area (Å²) in [6, 6.07) is 14.8. The smallest absolute Gasteiger partial charge is 0.185 e. The van der Waals surface area contributed by atoms with Crippen molar-refractivity contribution in [1.82, 2.24) is 0 Å². The number of aliphatic carboxylic acids is 1. The molecule has 0 saturated heterocycles. The van der Waals surface area contributed by atoms with Crippen LogP contribution < -0.4 is 9.84 Å². The summed E-state index contributed by atoms with van der Waals surface area (Å²) in [5, 5.41) is 10.4. The lowest BCUT2D eigenvalue weighted by Gasteiger charge is -2.21. The Morgan fingerprint density at radius 1 is 0.963 bits per heavy atom. The molecule has 1 saturated carbocycles. The molecule has 0 spiro atoms. The molecule has 0 N–H and O–H groups in total. The summed E-state index contributed by atoms with van der Waals surface area (Å²) in [5.74, 6) is -0.224. The molecule has 0 heterocycles. The summed E-state index contributed by atoms with van der Waals surface area (Å²) in [6.07, 6.45) is 9.70. The average Bonchev–Trinajstić information content (AvgIpc) is 2.72. The molecule has 4 heteroatoms. The van der Waals surface area contributed by atoms with E-state index in [0.717, 1.165) is 5.56 Å². The highest BCUT2D eigenvalue weighted by atomic mass is 16.5. The maximum absolute atomic E-state index is 12.4. The zero-order valence-electron chi connectivity index (χ0n) is 15.2. The van der Waals surface area contributed by atoms with E-state index < -0.39 is 12.6 Å². The van der Waals surface area contributed by atoms with Crippen LogP contribution in [0.4, 0.5) is 0 Å². The molecule has 1 aliphatic carbocycles. The molecular weight excluding hydrogens is 340 g/mol. The van der Waals surface area contributed by atoms with Gasteiger partial charge in [0.05, 0.1) is 5.97 Å². The Balaban J connectivity index is 1.58. The molecule has 0 bridgehead atoms. The zero-order chi connectivity index (χ0) is 19.1. The minimum Gasteiger partial charge on any atom is -0.546 e. The largest absolute Gasteiger partial charge is 0.546 e. The summed E-state index contributed by atoms with van der Waals surface area (Å²) in [4.78, 5) is 22.7. The Bertz CT molecular complexity index is 797. The van der Waals surface area contributed by atoms with E-state index in [0.29, 0.717) is 17.2 Å². The minimum atomic E-state index is -1.26. The van der Waals surface area contributed by atoms with Crippen molar-refractivity contribution < 1.29 is 19.4 Å². The van der Waals surface area contributed by atoms with Gasteiger partial charge in [-0.1, -0.05) is 61.7 Å². The number of ketones is 1. The van der Waals surface area contributed by atoms with Crippen molar-refractivity contribution in [2.45, 2.75) is 38.0 Å². The van der Waals surface area contributed by atoms with Crippen LogP contribution in [0.25, 0.3) is 6.08 Å². The summed E-state index contributed by atoms with van der Waals surface area (Å²) in [7, 11) is 0. The van der Waals surface area contributed by atoms with Gasteiger partial charge in [-0.15, -0.1) is 0 Å². The number of hydrogen-bond donors (Lipinski definition) is 0. The molecule has 0 aliphatic heterocycles. The fraction of sp³-hybridized carbons (Fsp3) is 0.304. The molecule has 0 atom stereocenters. The summed E-state index contributed by atoms with van der Waals surface area (Å²) in [5.41, 5.74) is 2.85. The monoisotopic (exact) mass is 363 g/mol. The third kappa shape index (κ3) is 5.55. The highest BCUT2D eigenvalue weighted by molar-refractivity contribution is 6.06. The molecule has 2 aromatic rings. The second-order valence-corrected chi connectivity index (χ2v) is 6.88. The fourth-order valence-corrected chi connectivity index (χ4v) is 3.44. The van der Waals surface area contributed by atoms with Gasteiger partial charge in [-0.25, -0.2) is 0 Å². The third-order valence-corrected chi connectivity index (χ3v) is 4.94. The first-order chi connectivity index (χ1) is 13.1. The molecule has 0 amide bonds. The van der Waals surface area contributed by atoms with E-state index in [1.807, 2.05) is 12.1 Å². The number of hydrogen-bond acceptors (Lipinski definition) is 4. The standard InChI is InChI=1S/C23H24O4/c24-22(15-8-17-6-13-21(14-7-17)27-16-23(25)26)20-11-9-19(10-12-20)18-4-2-1-3-5-18/h6-15,18H,1-5,16H2,(H,25,26)/p-1/b15-8+. The van der Waals surface area contributed by atoms with Crippen molar-refractivity contribution in [3.05, 3.63) is 71.3 Å². The molecule has 1 fully saturated rings. The van der Waals surface area contributed by atoms with E-state index in [9.17, 15) is 14.7 Å². The predicted octanol–water partition coefficient (Wildman–Crippen LogP) is 3.76. The number of carbonyl (C=O) groups is 2. The first-order valence-corrected chi connectivity index (χ1v) is 9.37. The Morgan fingerprint density at radius 3 is 2.26 bits per heavy atom. The number of allylic oxidation sites excluding steroid dienone is 1. The number of benzene rings is 2. The fourth-order valence-electron chi connectivity index (χ4n) is 3.44. The van der Waals surface area contributed by atoms with E-state index in [2.05, 4.69) is 12.1 Å². The highest BCUT2D eigenvalue weighted by Gasteiger charge is 2.15. The molecule has 0 unspecified atom stereocenters. The van der Waals surface area contributed by atoms with Crippen molar-refractivity contribution >= 4 is 17.8 Å². The van der Waals surface area contributed by atoms with Crippen molar-refractivity contribution in [3.63, 3.8) is 0 Å². The van der Waals surface area contributed by atoms with E-state index in [4.69, 9.17) is 4.74 Å². The number of carboxylic acid groups (broad SMARTS) is 1. The summed E-state index contributed by atoms with van der Waals surface area (Å²) < 4.78 is 5.03. The van der Waals surface area contributed by atoms with Crippen LogP contribution in [0, 0.1) is 0 Å². The molecule has 1 aliphatic rings. The number of rotatable bonds is 7. The van der Waals surface area contributed by atoms with Gasteiger partial charge in [0.15, 0.2) is 5.78 Å². The lowest BCUT2D eigenvalue weighted by molar-refractivity contribution is -0.307. The average molecular weight is 363 g/mol. The SMILES string of the molecule is O=C([O-])COc1ccc(/C=C/C(=O)c2ccc(C3CCCCC3)cc2)cc1. The number of ether oxygens (including phenoxy) is 1. The van der Waals surface area contributed by atoms with Gasteiger partial charge in [-0.3, -0.25) is 4.79 Å². The minimum absolute atomic E-state index is 0.0394. The number of carbonyl (C=O) groups excluding carboxylic acids is 2. The van der Waals surface area contributed by atoms with E-state index in [1.54, 1.807) is 36.4 Å². The Hall–Kier alpha value is -2.88. The molecular formula is C23H23O4-. The topological polar surface area (TPSA) is 66.4 Å². The van der Waals surface area contributed by atoms with E-state index in [-0.39, 0.29) is 5.78 Å². The number of carboxylic acids is 1. The van der Waals surface area contributed by atoms with Gasteiger partial charge in [-0.2, -0.15) is 0 Å². The van der Waals surface area contributed by atoms with Crippen molar-refractivity contribution in [3.8, 4) is 5.75 Å². The quantitative estimate of drug-likeness (QED) is 0.555. The van der Waals surface area contributed by atoms with Crippen LogP contribution >= 0.6 is 0 Å². The summed E-state index contributed by atoms with van der Waals surface area (Å²) >= 11 is 0. The normalized spacial score (nSPS) is 15.0. The van der Waals surface area contributed by atoms with Crippen LogP contribution in [0.1, 0.15) is 59.5 Å². The molecule has 27 heavy (non-hydrogen) atoms. The van der Waals surface area contributed by atoms with Gasteiger partial charge in [-0.05, 0) is 48.1 Å². The second kappa shape index (κ2) is 9.17. The second-order valence-electron chi connectivity index (χ2n) is 6.88. The first kappa shape index (κ1) is 18.9. The van der Waals surface area contributed by atoms with Gasteiger partial charge in [0.2, 0.25) is 0 Å². The first-order valence-electron chi connectivity index (χ1n) is 9.37. The van der Waals surface area contributed by atoms with Gasteiger partial charge in [0, 0.05) is 5.56 Å². The molecule has 0 radical (unpaired) electrons. The molecule has 140 valence electrons. The lowest BCUT2D eigenvalue weighted by atomic mass is 9.84. The van der Waals surface area contributed by atoms with Crippen molar-refractivity contribution in [2.24, 2.45) is 0 Å². The molecule has 2 aromatic carbocycles.